The lowest BCUT2D eigenvalue weighted by Gasteiger charge is -2.12. The first-order valence-electron chi connectivity index (χ1n) is 17.5. The van der Waals surface area contributed by atoms with Crippen LogP contribution in [0.25, 0.3) is 109 Å². The van der Waals surface area contributed by atoms with Crippen LogP contribution in [0.4, 0.5) is 0 Å². The molecule has 242 valence electrons. The molecular formula is C48H28N2OS. The van der Waals surface area contributed by atoms with Crippen LogP contribution in [0.1, 0.15) is 0 Å². The van der Waals surface area contributed by atoms with Crippen molar-refractivity contribution in [2.45, 2.75) is 0 Å². The van der Waals surface area contributed by atoms with Crippen molar-refractivity contribution in [2.24, 2.45) is 0 Å². The summed E-state index contributed by atoms with van der Waals surface area (Å²) in [6.07, 6.45) is 0. The van der Waals surface area contributed by atoms with Crippen LogP contribution in [0.3, 0.4) is 0 Å². The minimum Gasteiger partial charge on any atom is -0.456 e. The van der Waals surface area contributed by atoms with Gasteiger partial charge in [0.2, 0.25) is 0 Å². The average molecular weight is 681 g/mol. The van der Waals surface area contributed by atoms with E-state index in [4.69, 9.17) is 14.4 Å². The average Bonchev–Trinajstić information content (AvgIpc) is 3.79. The van der Waals surface area contributed by atoms with Gasteiger partial charge in [-0.15, -0.1) is 11.3 Å². The topological polar surface area (TPSA) is 38.9 Å². The summed E-state index contributed by atoms with van der Waals surface area (Å²) in [5, 5.41) is 8.26. The lowest BCUT2D eigenvalue weighted by Crippen LogP contribution is -1.94. The normalized spacial score (nSPS) is 11.8. The van der Waals surface area contributed by atoms with E-state index in [2.05, 4.69) is 152 Å². The summed E-state index contributed by atoms with van der Waals surface area (Å²) in [6, 6.07) is 60.3. The highest BCUT2D eigenvalue weighted by Crippen LogP contribution is 2.43. The second-order valence-corrected chi connectivity index (χ2v) is 14.4. The molecule has 52 heavy (non-hydrogen) atoms. The lowest BCUT2D eigenvalue weighted by atomic mass is 9.91. The predicted octanol–water partition coefficient (Wildman–Crippen LogP) is 13.7. The van der Waals surface area contributed by atoms with E-state index >= 15 is 0 Å². The van der Waals surface area contributed by atoms with Crippen molar-refractivity contribution in [1.29, 1.82) is 0 Å². The molecule has 0 aliphatic rings. The summed E-state index contributed by atoms with van der Waals surface area (Å²) in [7, 11) is 0. The number of aromatic nitrogens is 2. The minimum absolute atomic E-state index is 0.693. The van der Waals surface area contributed by atoms with Gasteiger partial charge in [0.05, 0.1) is 15.9 Å². The number of furan rings is 1. The first-order chi connectivity index (χ1) is 25.8. The Morgan fingerprint density at radius 2 is 1.13 bits per heavy atom. The van der Waals surface area contributed by atoms with E-state index in [1.54, 1.807) is 11.3 Å². The number of hydrogen-bond donors (Lipinski definition) is 0. The molecule has 3 nitrogen and oxygen atoms in total. The molecule has 0 amide bonds. The highest BCUT2D eigenvalue weighted by atomic mass is 32.1. The Hall–Kier alpha value is -6.62. The molecule has 0 atom stereocenters. The van der Waals surface area contributed by atoms with Crippen molar-refractivity contribution >= 4 is 75.1 Å². The number of nitrogens with zero attached hydrogens (tertiary/aromatic N) is 2. The highest BCUT2D eigenvalue weighted by Gasteiger charge is 2.20. The summed E-state index contributed by atoms with van der Waals surface area (Å²) in [5.74, 6) is 0.693. The van der Waals surface area contributed by atoms with E-state index in [0.717, 1.165) is 65.5 Å². The Morgan fingerprint density at radius 1 is 0.423 bits per heavy atom. The summed E-state index contributed by atoms with van der Waals surface area (Å²) in [4.78, 5) is 10.6. The number of fused-ring (bicyclic) bond motifs is 9. The van der Waals surface area contributed by atoms with Crippen molar-refractivity contribution in [1.82, 2.24) is 9.97 Å². The van der Waals surface area contributed by atoms with Crippen LogP contribution < -0.4 is 0 Å². The maximum Gasteiger partial charge on any atom is 0.161 e. The van der Waals surface area contributed by atoms with Gasteiger partial charge in [-0.25, -0.2) is 9.97 Å². The van der Waals surface area contributed by atoms with Crippen molar-refractivity contribution < 1.29 is 4.42 Å². The van der Waals surface area contributed by atoms with Crippen molar-refractivity contribution in [3.05, 3.63) is 170 Å². The molecular weight excluding hydrogens is 653 g/mol. The fourth-order valence-corrected chi connectivity index (χ4v) is 9.01. The largest absolute Gasteiger partial charge is 0.456 e. The third-order valence-electron chi connectivity index (χ3n) is 10.3. The third kappa shape index (κ3) is 4.51. The zero-order chi connectivity index (χ0) is 34.2. The van der Waals surface area contributed by atoms with E-state index in [1.165, 1.54) is 37.4 Å². The molecule has 0 unspecified atom stereocenters. The van der Waals surface area contributed by atoms with Crippen LogP contribution in [0.15, 0.2) is 174 Å². The van der Waals surface area contributed by atoms with E-state index in [9.17, 15) is 0 Å². The Labute approximate surface area is 303 Å². The Morgan fingerprint density at radius 3 is 2.04 bits per heavy atom. The van der Waals surface area contributed by atoms with Gasteiger partial charge < -0.3 is 4.42 Å². The molecule has 4 heteroatoms. The quantitative estimate of drug-likeness (QED) is 0.174. The molecule has 0 N–H and O–H groups in total. The number of thiophene rings is 1. The van der Waals surface area contributed by atoms with Crippen LogP contribution >= 0.6 is 11.3 Å². The molecule has 8 aromatic carbocycles. The van der Waals surface area contributed by atoms with Crippen LogP contribution in [-0.2, 0) is 0 Å². The van der Waals surface area contributed by atoms with Crippen molar-refractivity contribution in [3.8, 4) is 44.9 Å². The molecule has 3 heterocycles. The first kappa shape index (κ1) is 29.1. The fraction of sp³-hybridized carbons (Fsp3) is 0. The molecule has 0 saturated heterocycles. The van der Waals surface area contributed by atoms with Crippen LogP contribution in [0.5, 0.6) is 0 Å². The third-order valence-corrected chi connectivity index (χ3v) is 11.4. The van der Waals surface area contributed by atoms with Gasteiger partial charge in [0.1, 0.15) is 11.2 Å². The van der Waals surface area contributed by atoms with Gasteiger partial charge >= 0.3 is 0 Å². The SMILES string of the molecule is c1ccc(-c2nc(-c3cccc4oc5ccc(-c6cccc(-c7cc8ccccc8c8ccccc78)c6)cc5c34)nc3c2sc2ccccc23)cc1. The van der Waals surface area contributed by atoms with Gasteiger partial charge in [-0.3, -0.25) is 0 Å². The molecule has 3 aromatic heterocycles. The van der Waals surface area contributed by atoms with Gasteiger partial charge in [0, 0.05) is 32.0 Å². The monoisotopic (exact) mass is 680 g/mol. The maximum absolute atomic E-state index is 6.49. The van der Waals surface area contributed by atoms with Crippen LogP contribution in [0.2, 0.25) is 0 Å². The van der Waals surface area contributed by atoms with Crippen LogP contribution in [0, 0.1) is 0 Å². The predicted molar refractivity (Wildman–Crippen MR) is 219 cm³/mol. The standard InChI is InChI=1S/C48H28N2OS/c1-2-12-29(13-3-1)45-47-46(37-20-8-9-23-43(37)52-47)50-48(49-45)38-21-11-22-42-44(38)40-27-31(24-25-41(40)51-42)30-15-10-16-32(26-30)39-28-33-14-4-5-17-34(33)35-18-6-7-19-36(35)39/h1-28H. The lowest BCUT2D eigenvalue weighted by molar-refractivity contribution is 0.669. The Bertz CT molecular complexity index is 3190. The van der Waals surface area contributed by atoms with Gasteiger partial charge in [0.15, 0.2) is 5.82 Å². The smallest absolute Gasteiger partial charge is 0.161 e. The zero-order valence-electron chi connectivity index (χ0n) is 27.9. The zero-order valence-corrected chi connectivity index (χ0v) is 28.7. The Kier molecular flexibility index (Phi) is 6.42. The van der Waals surface area contributed by atoms with Gasteiger partial charge in [-0.05, 0) is 80.2 Å². The summed E-state index contributed by atoms with van der Waals surface area (Å²) < 4.78 is 8.80. The molecule has 0 saturated carbocycles. The second kappa shape index (κ2) is 11.5. The number of hydrogen-bond acceptors (Lipinski definition) is 4. The number of benzene rings is 8. The first-order valence-corrected chi connectivity index (χ1v) is 18.3. The molecule has 0 bridgehead atoms. The highest BCUT2D eigenvalue weighted by molar-refractivity contribution is 7.26. The molecule has 0 spiro atoms. The van der Waals surface area contributed by atoms with Crippen molar-refractivity contribution in [3.63, 3.8) is 0 Å². The Balaban J connectivity index is 1.10. The van der Waals surface area contributed by atoms with Gasteiger partial charge in [0.25, 0.3) is 0 Å². The molecule has 0 aliphatic carbocycles. The summed E-state index contributed by atoms with van der Waals surface area (Å²) in [5.41, 5.74) is 10.3. The molecule has 0 aliphatic heterocycles. The van der Waals surface area contributed by atoms with Crippen molar-refractivity contribution in [2.75, 3.05) is 0 Å². The molecule has 11 rings (SSSR count). The van der Waals surface area contributed by atoms with E-state index in [0.29, 0.717) is 5.82 Å². The molecule has 0 fully saturated rings. The number of rotatable bonds is 4. The van der Waals surface area contributed by atoms with Gasteiger partial charge in [-0.1, -0.05) is 133 Å². The molecule has 0 radical (unpaired) electrons. The fourth-order valence-electron chi connectivity index (χ4n) is 7.86. The summed E-state index contributed by atoms with van der Waals surface area (Å²) >= 11 is 1.75. The van der Waals surface area contributed by atoms with E-state index in [1.807, 2.05) is 18.2 Å². The second-order valence-electron chi connectivity index (χ2n) is 13.3. The molecule has 11 aromatic rings. The van der Waals surface area contributed by atoms with Gasteiger partial charge in [-0.2, -0.15) is 0 Å². The summed E-state index contributed by atoms with van der Waals surface area (Å²) in [6.45, 7) is 0. The maximum atomic E-state index is 6.49. The van der Waals surface area contributed by atoms with E-state index in [-0.39, 0.29) is 0 Å². The van der Waals surface area contributed by atoms with Crippen LogP contribution in [-0.4, -0.2) is 9.97 Å². The van der Waals surface area contributed by atoms with E-state index < -0.39 is 0 Å². The minimum atomic E-state index is 0.693.